The SMILES string of the molecule is CCCCc1ccc(C=NN=Cc2ccc(OC(F)(F)F)cc2)c(F)c1. The van der Waals surface area contributed by atoms with Gasteiger partial charge in [0.2, 0.25) is 0 Å². The molecule has 3 nitrogen and oxygen atoms in total. The number of rotatable bonds is 7. The minimum Gasteiger partial charge on any atom is -0.406 e. The van der Waals surface area contributed by atoms with Crippen LogP contribution < -0.4 is 4.74 Å². The smallest absolute Gasteiger partial charge is 0.406 e. The van der Waals surface area contributed by atoms with Crippen molar-refractivity contribution in [1.82, 2.24) is 0 Å². The van der Waals surface area contributed by atoms with Gasteiger partial charge >= 0.3 is 6.36 Å². The number of unbranched alkanes of at least 4 members (excludes halogenated alkanes) is 1. The van der Waals surface area contributed by atoms with Gasteiger partial charge in [0.15, 0.2) is 0 Å². The summed E-state index contributed by atoms with van der Waals surface area (Å²) in [6.45, 7) is 2.08. The number of ether oxygens (including phenoxy) is 1. The van der Waals surface area contributed by atoms with E-state index in [1.54, 1.807) is 6.07 Å². The lowest BCUT2D eigenvalue weighted by Gasteiger charge is -2.08. The molecule has 0 radical (unpaired) electrons. The third kappa shape index (κ3) is 6.66. The Balaban J connectivity index is 1.95. The lowest BCUT2D eigenvalue weighted by molar-refractivity contribution is -0.274. The van der Waals surface area contributed by atoms with Crippen molar-refractivity contribution in [2.45, 2.75) is 32.5 Å². The first-order valence-electron chi connectivity index (χ1n) is 8.08. The van der Waals surface area contributed by atoms with E-state index < -0.39 is 6.36 Å². The predicted octanol–water partition coefficient (Wildman–Crippen LogP) is 5.52. The second kappa shape index (κ2) is 9.12. The summed E-state index contributed by atoms with van der Waals surface area (Å²) in [5.74, 6) is -0.686. The fraction of sp³-hybridized carbons (Fsp3) is 0.263. The molecule has 0 aromatic heterocycles. The van der Waals surface area contributed by atoms with Gasteiger partial charge in [-0.25, -0.2) is 4.39 Å². The average Bonchev–Trinajstić information content (AvgIpc) is 2.58. The first-order valence-corrected chi connectivity index (χ1v) is 8.08. The molecule has 2 aromatic carbocycles. The minimum absolute atomic E-state index is 0.316. The van der Waals surface area contributed by atoms with Crippen molar-refractivity contribution in [3.8, 4) is 5.75 Å². The van der Waals surface area contributed by atoms with Crippen LogP contribution in [-0.4, -0.2) is 18.8 Å². The van der Waals surface area contributed by atoms with Crippen LogP contribution in [0.25, 0.3) is 0 Å². The molecule has 0 bridgehead atoms. The van der Waals surface area contributed by atoms with E-state index in [9.17, 15) is 17.6 Å². The van der Waals surface area contributed by atoms with Gasteiger partial charge in [-0.1, -0.05) is 25.5 Å². The monoisotopic (exact) mass is 366 g/mol. The Labute approximate surface area is 149 Å². The number of halogens is 4. The molecule has 0 N–H and O–H groups in total. The van der Waals surface area contributed by atoms with E-state index in [1.165, 1.54) is 42.8 Å². The number of alkyl halides is 3. The summed E-state index contributed by atoms with van der Waals surface area (Å²) in [5.41, 5.74) is 1.79. The van der Waals surface area contributed by atoms with E-state index in [-0.39, 0.29) is 11.6 Å². The van der Waals surface area contributed by atoms with Crippen LogP contribution in [-0.2, 0) is 6.42 Å². The van der Waals surface area contributed by atoms with Gasteiger partial charge in [0, 0.05) is 5.56 Å². The van der Waals surface area contributed by atoms with Crippen LogP contribution >= 0.6 is 0 Å². The normalized spacial score (nSPS) is 12.2. The first kappa shape index (κ1) is 19.6. The highest BCUT2D eigenvalue weighted by molar-refractivity contribution is 5.83. The molecule has 0 heterocycles. The second-order valence-electron chi connectivity index (χ2n) is 5.57. The van der Waals surface area contributed by atoms with Gasteiger partial charge in [-0.2, -0.15) is 10.2 Å². The molecule has 0 aliphatic carbocycles. The lowest BCUT2D eigenvalue weighted by Crippen LogP contribution is -2.16. The molecule has 138 valence electrons. The van der Waals surface area contributed by atoms with Gasteiger partial charge in [-0.05, 0) is 54.3 Å². The fourth-order valence-electron chi connectivity index (χ4n) is 2.16. The number of hydrogen-bond donors (Lipinski definition) is 0. The average molecular weight is 366 g/mol. The highest BCUT2D eigenvalue weighted by Gasteiger charge is 2.30. The highest BCUT2D eigenvalue weighted by Crippen LogP contribution is 2.22. The molecule has 7 heteroatoms. The summed E-state index contributed by atoms with van der Waals surface area (Å²) < 4.78 is 53.9. The number of hydrogen-bond acceptors (Lipinski definition) is 3. The molecule has 0 amide bonds. The van der Waals surface area contributed by atoms with Crippen LogP contribution in [0.1, 0.15) is 36.5 Å². The number of aryl methyl sites for hydroxylation is 1. The lowest BCUT2D eigenvalue weighted by atomic mass is 10.1. The van der Waals surface area contributed by atoms with Crippen LogP contribution in [0.4, 0.5) is 17.6 Å². The van der Waals surface area contributed by atoms with E-state index in [0.717, 1.165) is 24.8 Å². The van der Waals surface area contributed by atoms with Crippen molar-refractivity contribution in [2.75, 3.05) is 0 Å². The highest BCUT2D eigenvalue weighted by atomic mass is 19.4. The molecule has 26 heavy (non-hydrogen) atoms. The van der Waals surface area contributed by atoms with E-state index in [0.29, 0.717) is 11.1 Å². The van der Waals surface area contributed by atoms with Crippen molar-refractivity contribution in [3.05, 3.63) is 65.0 Å². The molecule has 0 spiro atoms. The van der Waals surface area contributed by atoms with Gasteiger partial charge < -0.3 is 4.74 Å². The number of nitrogens with zero attached hydrogens (tertiary/aromatic N) is 2. The second-order valence-corrected chi connectivity index (χ2v) is 5.57. The van der Waals surface area contributed by atoms with Gasteiger partial charge in [0.05, 0.1) is 12.4 Å². The summed E-state index contributed by atoms with van der Waals surface area (Å²) in [7, 11) is 0. The molecule has 0 aliphatic rings. The molecule has 0 aliphatic heterocycles. The summed E-state index contributed by atoms with van der Waals surface area (Å²) >= 11 is 0. The van der Waals surface area contributed by atoms with E-state index in [2.05, 4.69) is 21.9 Å². The van der Waals surface area contributed by atoms with E-state index in [4.69, 9.17) is 0 Å². The third-order valence-electron chi connectivity index (χ3n) is 3.47. The quantitative estimate of drug-likeness (QED) is 0.361. The Morgan fingerprint density at radius 1 is 1.00 bits per heavy atom. The third-order valence-corrected chi connectivity index (χ3v) is 3.47. The zero-order valence-corrected chi connectivity index (χ0v) is 14.1. The van der Waals surface area contributed by atoms with Crippen molar-refractivity contribution < 1.29 is 22.3 Å². The fourth-order valence-corrected chi connectivity index (χ4v) is 2.16. The van der Waals surface area contributed by atoms with E-state index in [1.807, 2.05) is 6.07 Å². The number of benzene rings is 2. The molecule has 0 unspecified atom stereocenters. The zero-order valence-electron chi connectivity index (χ0n) is 14.1. The summed E-state index contributed by atoms with van der Waals surface area (Å²) in [6, 6.07) is 10.1. The molecule has 2 aromatic rings. The summed E-state index contributed by atoms with van der Waals surface area (Å²) in [6.07, 6.45) is 0.790. The Bertz CT molecular complexity index is 768. The molecule has 0 saturated heterocycles. The Kier molecular flexibility index (Phi) is 6.89. The van der Waals surface area contributed by atoms with Gasteiger partial charge in [0.1, 0.15) is 11.6 Å². The van der Waals surface area contributed by atoms with Gasteiger partial charge in [-0.15, -0.1) is 13.2 Å². The maximum Gasteiger partial charge on any atom is 0.573 e. The summed E-state index contributed by atoms with van der Waals surface area (Å²) in [5, 5.41) is 7.53. The standard InChI is InChI=1S/C19H18F4N2O/c1-2-3-4-14-5-8-16(18(20)11-14)13-25-24-12-15-6-9-17(10-7-15)26-19(21,22)23/h5-13H,2-4H2,1H3. The molecule has 0 fully saturated rings. The van der Waals surface area contributed by atoms with Crippen molar-refractivity contribution >= 4 is 12.4 Å². The Morgan fingerprint density at radius 3 is 2.31 bits per heavy atom. The minimum atomic E-state index is -4.73. The molecular formula is C19H18F4N2O. The first-order chi connectivity index (χ1) is 12.4. The Hall–Kier alpha value is -2.70. The van der Waals surface area contributed by atoms with Crippen molar-refractivity contribution in [3.63, 3.8) is 0 Å². The van der Waals surface area contributed by atoms with Crippen LogP contribution in [0.3, 0.4) is 0 Å². The maximum atomic E-state index is 14.0. The molecular weight excluding hydrogens is 348 g/mol. The zero-order chi connectivity index (χ0) is 19.0. The van der Waals surface area contributed by atoms with Crippen LogP contribution in [0.15, 0.2) is 52.7 Å². The van der Waals surface area contributed by atoms with Crippen LogP contribution in [0, 0.1) is 5.82 Å². The predicted molar refractivity (Wildman–Crippen MR) is 93.3 cm³/mol. The van der Waals surface area contributed by atoms with Crippen LogP contribution in [0.2, 0.25) is 0 Å². The van der Waals surface area contributed by atoms with Gasteiger partial charge in [-0.3, -0.25) is 0 Å². The van der Waals surface area contributed by atoms with Crippen molar-refractivity contribution in [2.24, 2.45) is 10.2 Å². The topological polar surface area (TPSA) is 34.0 Å². The molecule has 2 rings (SSSR count). The molecule has 0 atom stereocenters. The largest absolute Gasteiger partial charge is 0.573 e. The Morgan fingerprint density at radius 2 is 1.69 bits per heavy atom. The summed E-state index contributed by atoms with van der Waals surface area (Å²) in [4.78, 5) is 0. The maximum absolute atomic E-state index is 14.0. The molecule has 0 saturated carbocycles. The van der Waals surface area contributed by atoms with Crippen LogP contribution in [0.5, 0.6) is 5.75 Å². The van der Waals surface area contributed by atoms with Crippen molar-refractivity contribution in [1.29, 1.82) is 0 Å². The van der Waals surface area contributed by atoms with E-state index >= 15 is 0 Å². The van der Waals surface area contributed by atoms with Gasteiger partial charge in [0.25, 0.3) is 0 Å².